The van der Waals surface area contributed by atoms with Crippen molar-refractivity contribution in [3.05, 3.63) is 65.5 Å². The average Bonchev–Trinajstić information content (AvgIpc) is 2.64. The van der Waals surface area contributed by atoms with Gasteiger partial charge in [-0.25, -0.2) is 0 Å². The van der Waals surface area contributed by atoms with Crippen molar-refractivity contribution in [2.45, 2.75) is 46.3 Å². The highest BCUT2D eigenvalue weighted by Gasteiger charge is 2.26. The van der Waals surface area contributed by atoms with Gasteiger partial charge in [-0.05, 0) is 44.1 Å². The van der Waals surface area contributed by atoms with Gasteiger partial charge in [0.15, 0.2) is 0 Å². The molecule has 1 aromatic carbocycles. The molecular formula is C21H29N3O. The molecule has 0 aliphatic heterocycles. The number of carbonyl (C=O) groups is 1. The molecule has 0 radical (unpaired) electrons. The van der Waals surface area contributed by atoms with Crippen molar-refractivity contribution in [2.75, 3.05) is 13.6 Å². The van der Waals surface area contributed by atoms with Gasteiger partial charge in [0.05, 0.1) is 18.3 Å². The van der Waals surface area contributed by atoms with Gasteiger partial charge < -0.3 is 4.90 Å². The second kappa shape index (κ2) is 9.33. The van der Waals surface area contributed by atoms with Crippen molar-refractivity contribution in [3.8, 4) is 0 Å². The monoisotopic (exact) mass is 339 g/mol. The van der Waals surface area contributed by atoms with Crippen LogP contribution in [0.2, 0.25) is 0 Å². The van der Waals surface area contributed by atoms with E-state index in [1.54, 1.807) is 6.20 Å². The molecule has 0 N–H and O–H groups in total. The fourth-order valence-corrected chi connectivity index (χ4v) is 2.99. The minimum absolute atomic E-state index is 0.0993. The maximum atomic E-state index is 13.3. The Bertz CT molecular complexity index is 672. The van der Waals surface area contributed by atoms with Gasteiger partial charge in [0.25, 0.3) is 0 Å². The van der Waals surface area contributed by atoms with Crippen molar-refractivity contribution < 1.29 is 4.79 Å². The Hall–Kier alpha value is -2.20. The van der Waals surface area contributed by atoms with E-state index < -0.39 is 0 Å². The molecule has 0 fully saturated rings. The van der Waals surface area contributed by atoms with E-state index in [9.17, 15) is 4.79 Å². The second-order valence-electron chi connectivity index (χ2n) is 6.44. The second-order valence-corrected chi connectivity index (χ2v) is 6.44. The number of nitrogens with zero attached hydrogens (tertiary/aromatic N) is 3. The molecule has 1 amide bonds. The van der Waals surface area contributed by atoms with Crippen molar-refractivity contribution in [3.63, 3.8) is 0 Å². The number of pyridine rings is 1. The van der Waals surface area contributed by atoms with Gasteiger partial charge >= 0.3 is 0 Å². The number of benzene rings is 1. The van der Waals surface area contributed by atoms with E-state index in [0.717, 1.165) is 29.8 Å². The van der Waals surface area contributed by atoms with Crippen LogP contribution in [-0.4, -0.2) is 40.3 Å². The molecule has 4 heteroatoms. The van der Waals surface area contributed by atoms with Crippen LogP contribution in [0.4, 0.5) is 0 Å². The summed E-state index contributed by atoms with van der Waals surface area (Å²) in [7, 11) is 2.01. The zero-order valence-corrected chi connectivity index (χ0v) is 15.8. The number of rotatable bonds is 8. The SMILES string of the molecule is CCC(C(=O)N(Cc1ccccc1)Cc1ncccc1C)N(C)CC. The highest BCUT2D eigenvalue weighted by atomic mass is 16.2. The summed E-state index contributed by atoms with van der Waals surface area (Å²) >= 11 is 0. The summed E-state index contributed by atoms with van der Waals surface area (Å²) in [5, 5.41) is 0. The maximum Gasteiger partial charge on any atom is 0.240 e. The Balaban J connectivity index is 2.27. The first-order valence-corrected chi connectivity index (χ1v) is 9.00. The topological polar surface area (TPSA) is 36.4 Å². The Morgan fingerprint density at radius 3 is 2.40 bits per heavy atom. The highest BCUT2D eigenvalue weighted by Crippen LogP contribution is 2.15. The van der Waals surface area contributed by atoms with Crippen molar-refractivity contribution in [1.29, 1.82) is 0 Å². The molecule has 1 atom stereocenters. The van der Waals surface area contributed by atoms with E-state index in [2.05, 4.69) is 35.9 Å². The van der Waals surface area contributed by atoms with Crippen molar-refractivity contribution >= 4 is 5.91 Å². The molecule has 0 saturated heterocycles. The van der Waals surface area contributed by atoms with E-state index in [0.29, 0.717) is 13.1 Å². The van der Waals surface area contributed by atoms with Crippen LogP contribution in [0.25, 0.3) is 0 Å². The molecule has 1 aromatic heterocycles. The molecule has 0 spiro atoms. The van der Waals surface area contributed by atoms with Crippen molar-refractivity contribution in [2.24, 2.45) is 0 Å². The number of aryl methyl sites for hydroxylation is 1. The van der Waals surface area contributed by atoms with Gasteiger partial charge in [-0.3, -0.25) is 14.7 Å². The summed E-state index contributed by atoms with van der Waals surface area (Å²) in [4.78, 5) is 21.8. The molecule has 1 unspecified atom stereocenters. The smallest absolute Gasteiger partial charge is 0.240 e. The molecule has 0 aliphatic carbocycles. The third kappa shape index (κ3) is 5.13. The number of amides is 1. The molecule has 25 heavy (non-hydrogen) atoms. The standard InChI is InChI=1S/C21H29N3O/c1-5-20(23(4)6-2)21(25)24(15-18-12-8-7-9-13-18)16-19-17(3)11-10-14-22-19/h7-14,20H,5-6,15-16H2,1-4H3. The van der Waals surface area contributed by atoms with Crippen LogP contribution in [0, 0.1) is 6.92 Å². The average molecular weight is 339 g/mol. The molecule has 2 rings (SSSR count). The van der Waals surface area contributed by atoms with Crippen molar-refractivity contribution in [1.82, 2.24) is 14.8 Å². The third-order valence-electron chi connectivity index (χ3n) is 4.69. The summed E-state index contributed by atoms with van der Waals surface area (Å²) < 4.78 is 0. The third-order valence-corrected chi connectivity index (χ3v) is 4.69. The largest absolute Gasteiger partial charge is 0.331 e. The minimum atomic E-state index is -0.0993. The van der Waals surface area contributed by atoms with E-state index in [1.807, 2.05) is 49.2 Å². The van der Waals surface area contributed by atoms with Gasteiger partial charge in [-0.15, -0.1) is 0 Å². The lowest BCUT2D eigenvalue weighted by atomic mass is 10.1. The quantitative estimate of drug-likeness (QED) is 0.736. The first-order valence-electron chi connectivity index (χ1n) is 9.00. The van der Waals surface area contributed by atoms with E-state index in [4.69, 9.17) is 0 Å². The summed E-state index contributed by atoms with van der Waals surface area (Å²) in [5.74, 6) is 0.167. The van der Waals surface area contributed by atoms with Gasteiger partial charge in [0.1, 0.15) is 0 Å². The van der Waals surface area contributed by atoms with Crippen LogP contribution in [-0.2, 0) is 17.9 Å². The highest BCUT2D eigenvalue weighted by molar-refractivity contribution is 5.81. The first kappa shape index (κ1) is 19.1. The Morgan fingerprint density at radius 1 is 1.08 bits per heavy atom. The normalized spacial score (nSPS) is 12.2. The van der Waals surface area contributed by atoms with Crippen LogP contribution >= 0.6 is 0 Å². The Labute approximate surface area is 151 Å². The predicted molar refractivity (Wildman–Crippen MR) is 102 cm³/mol. The van der Waals surface area contributed by atoms with Crippen LogP contribution in [0.1, 0.15) is 37.1 Å². The lowest BCUT2D eigenvalue weighted by Crippen LogP contribution is -2.46. The lowest BCUT2D eigenvalue weighted by Gasteiger charge is -2.31. The van der Waals surface area contributed by atoms with Gasteiger partial charge in [-0.2, -0.15) is 0 Å². The molecule has 4 nitrogen and oxygen atoms in total. The summed E-state index contributed by atoms with van der Waals surface area (Å²) in [5.41, 5.74) is 3.21. The number of aromatic nitrogens is 1. The van der Waals surface area contributed by atoms with Crippen LogP contribution in [0.15, 0.2) is 48.7 Å². The van der Waals surface area contributed by atoms with Gasteiger partial charge in [-0.1, -0.05) is 50.2 Å². The zero-order valence-electron chi connectivity index (χ0n) is 15.8. The van der Waals surface area contributed by atoms with E-state index in [-0.39, 0.29) is 11.9 Å². The summed E-state index contributed by atoms with van der Waals surface area (Å²) in [6.07, 6.45) is 2.60. The zero-order chi connectivity index (χ0) is 18.2. The van der Waals surface area contributed by atoms with Gasteiger partial charge in [0.2, 0.25) is 5.91 Å². The maximum absolute atomic E-state index is 13.3. The van der Waals surface area contributed by atoms with Gasteiger partial charge in [0, 0.05) is 12.7 Å². The number of carbonyl (C=O) groups excluding carboxylic acids is 1. The van der Waals surface area contributed by atoms with Crippen LogP contribution in [0.3, 0.4) is 0 Å². The molecule has 2 aromatic rings. The lowest BCUT2D eigenvalue weighted by molar-refractivity contribution is -0.138. The Morgan fingerprint density at radius 2 is 1.80 bits per heavy atom. The molecule has 134 valence electrons. The molecule has 0 aliphatic rings. The van der Waals surface area contributed by atoms with E-state index >= 15 is 0 Å². The molecular weight excluding hydrogens is 310 g/mol. The van der Waals surface area contributed by atoms with E-state index in [1.165, 1.54) is 0 Å². The molecule has 0 saturated carbocycles. The first-order chi connectivity index (χ1) is 12.1. The van der Waals surface area contributed by atoms with Crippen LogP contribution in [0.5, 0.6) is 0 Å². The predicted octanol–water partition coefficient (Wildman–Crippen LogP) is 3.65. The number of hydrogen-bond donors (Lipinski definition) is 0. The molecule has 1 heterocycles. The Kier molecular flexibility index (Phi) is 7.14. The fourth-order valence-electron chi connectivity index (χ4n) is 2.99. The summed E-state index contributed by atoms with van der Waals surface area (Å²) in [6.45, 7) is 8.19. The fraction of sp³-hybridized carbons (Fsp3) is 0.429. The number of hydrogen-bond acceptors (Lipinski definition) is 3. The summed E-state index contributed by atoms with van der Waals surface area (Å²) in [6, 6.07) is 14.0. The minimum Gasteiger partial charge on any atom is -0.331 e. The molecule has 0 bridgehead atoms. The number of likely N-dealkylation sites (N-methyl/N-ethyl adjacent to an activating group) is 1. The van der Waals surface area contributed by atoms with Crippen LogP contribution < -0.4 is 0 Å².